The van der Waals surface area contributed by atoms with E-state index >= 15 is 0 Å². The SMILES string of the molecule is CC(C)(C)C1CCC2(CC1)NC(=O)N(CN1CCC(NC(=O)C3CC3)CC1)C2=O. The molecule has 2 saturated heterocycles. The summed E-state index contributed by atoms with van der Waals surface area (Å²) in [5.74, 6) is 0.990. The maximum atomic E-state index is 13.2. The molecule has 4 fully saturated rings. The van der Waals surface area contributed by atoms with Crippen molar-refractivity contribution in [1.82, 2.24) is 20.4 Å². The molecular weight excluding hydrogens is 368 g/mol. The van der Waals surface area contributed by atoms with Gasteiger partial charge in [0.1, 0.15) is 5.54 Å². The lowest BCUT2D eigenvalue weighted by Gasteiger charge is -2.40. The Hall–Kier alpha value is -1.63. The molecule has 162 valence electrons. The van der Waals surface area contributed by atoms with Gasteiger partial charge < -0.3 is 10.6 Å². The van der Waals surface area contributed by atoms with Gasteiger partial charge in [0.2, 0.25) is 5.91 Å². The first-order valence-electron chi connectivity index (χ1n) is 11.3. The predicted molar refractivity (Wildman–Crippen MR) is 110 cm³/mol. The van der Waals surface area contributed by atoms with Crippen LogP contribution in [0, 0.1) is 17.3 Å². The van der Waals surface area contributed by atoms with E-state index in [1.54, 1.807) is 0 Å². The molecule has 0 atom stereocenters. The van der Waals surface area contributed by atoms with Crippen molar-refractivity contribution in [3.05, 3.63) is 0 Å². The van der Waals surface area contributed by atoms with E-state index in [2.05, 4.69) is 36.3 Å². The Morgan fingerprint density at radius 1 is 1.07 bits per heavy atom. The van der Waals surface area contributed by atoms with Crippen LogP contribution in [0.5, 0.6) is 0 Å². The minimum Gasteiger partial charge on any atom is -0.353 e. The topological polar surface area (TPSA) is 81.8 Å². The van der Waals surface area contributed by atoms with Gasteiger partial charge in [-0.15, -0.1) is 0 Å². The monoisotopic (exact) mass is 404 g/mol. The van der Waals surface area contributed by atoms with Gasteiger partial charge in [-0.2, -0.15) is 0 Å². The zero-order chi connectivity index (χ0) is 20.8. The normalized spacial score (nSPS) is 32.0. The summed E-state index contributed by atoms with van der Waals surface area (Å²) in [4.78, 5) is 41.3. The van der Waals surface area contributed by atoms with Gasteiger partial charge in [0.05, 0.1) is 6.67 Å². The number of piperidine rings is 1. The van der Waals surface area contributed by atoms with Crippen molar-refractivity contribution in [3.63, 3.8) is 0 Å². The van der Waals surface area contributed by atoms with E-state index < -0.39 is 5.54 Å². The van der Waals surface area contributed by atoms with Crippen molar-refractivity contribution >= 4 is 17.8 Å². The van der Waals surface area contributed by atoms with Crippen LogP contribution in [-0.2, 0) is 9.59 Å². The van der Waals surface area contributed by atoms with Crippen molar-refractivity contribution in [2.75, 3.05) is 19.8 Å². The fourth-order valence-electron chi connectivity index (χ4n) is 5.20. The minimum absolute atomic E-state index is 0.0426. The highest BCUT2D eigenvalue weighted by Gasteiger charge is 2.53. The van der Waals surface area contributed by atoms with E-state index in [1.165, 1.54) is 4.90 Å². The van der Waals surface area contributed by atoms with E-state index in [-0.39, 0.29) is 35.2 Å². The van der Waals surface area contributed by atoms with Crippen LogP contribution in [0.15, 0.2) is 0 Å². The average molecular weight is 405 g/mol. The van der Waals surface area contributed by atoms with Gasteiger partial charge in [-0.25, -0.2) is 9.69 Å². The number of nitrogens with one attached hydrogen (secondary N) is 2. The predicted octanol–water partition coefficient (Wildman–Crippen LogP) is 2.46. The number of rotatable bonds is 4. The highest BCUT2D eigenvalue weighted by atomic mass is 16.2. The largest absolute Gasteiger partial charge is 0.353 e. The standard InChI is InChI=1S/C22H36N4O3/c1-21(2,3)16-6-10-22(11-7-16)19(28)26(20(29)24-22)14-25-12-8-17(9-13-25)23-18(27)15-4-5-15/h15-17H,4-14H2,1-3H3,(H,23,27)(H,24,29). The molecule has 4 aliphatic rings. The van der Waals surface area contributed by atoms with E-state index in [0.717, 1.165) is 64.5 Å². The first-order valence-corrected chi connectivity index (χ1v) is 11.3. The quantitative estimate of drug-likeness (QED) is 0.705. The van der Waals surface area contributed by atoms with Gasteiger partial charge in [0.15, 0.2) is 0 Å². The molecule has 0 aromatic heterocycles. The summed E-state index contributed by atoms with van der Waals surface area (Å²) < 4.78 is 0. The second kappa shape index (κ2) is 7.56. The Bertz CT molecular complexity index is 666. The number of likely N-dealkylation sites (tertiary alicyclic amines) is 1. The molecule has 1 spiro atoms. The van der Waals surface area contributed by atoms with Crippen LogP contribution in [0.2, 0.25) is 0 Å². The van der Waals surface area contributed by atoms with E-state index in [0.29, 0.717) is 12.6 Å². The molecule has 4 amide bonds. The van der Waals surface area contributed by atoms with Crippen LogP contribution in [0.25, 0.3) is 0 Å². The smallest absolute Gasteiger partial charge is 0.326 e. The van der Waals surface area contributed by atoms with Crippen molar-refractivity contribution in [3.8, 4) is 0 Å². The van der Waals surface area contributed by atoms with Crippen LogP contribution in [0.3, 0.4) is 0 Å². The highest BCUT2D eigenvalue weighted by molar-refractivity contribution is 6.07. The zero-order valence-corrected chi connectivity index (χ0v) is 18.1. The van der Waals surface area contributed by atoms with Gasteiger partial charge >= 0.3 is 6.03 Å². The van der Waals surface area contributed by atoms with Crippen LogP contribution in [0.4, 0.5) is 4.79 Å². The van der Waals surface area contributed by atoms with Crippen molar-refractivity contribution in [2.24, 2.45) is 17.3 Å². The van der Waals surface area contributed by atoms with Crippen LogP contribution in [0.1, 0.15) is 72.1 Å². The molecule has 29 heavy (non-hydrogen) atoms. The van der Waals surface area contributed by atoms with Gasteiger partial charge in [0.25, 0.3) is 5.91 Å². The molecule has 4 rings (SSSR count). The third-order valence-corrected chi connectivity index (χ3v) is 7.53. The lowest BCUT2D eigenvalue weighted by molar-refractivity contribution is -0.134. The van der Waals surface area contributed by atoms with Gasteiger partial charge in [-0.1, -0.05) is 20.8 Å². The van der Waals surface area contributed by atoms with Crippen LogP contribution >= 0.6 is 0 Å². The Balaban J connectivity index is 1.28. The number of carbonyl (C=O) groups is 3. The third kappa shape index (κ3) is 4.30. The van der Waals surface area contributed by atoms with Gasteiger partial charge in [-0.05, 0) is 62.7 Å². The Kier molecular flexibility index (Phi) is 5.38. The second-order valence-electron chi connectivity index (χ2n) is 10.7. The second-order valence-corrected chi connectivity index (χ2v) is 10.7. The number of carbonyl (C=O) groups excluding carboxylic acids is 3. The van der Waals surface area contributed by atoms with Crippen molar-refractivity contribution in [2.45, 2.75) is 83.7 Å². The maximum Gasteiger partial charge on any atom is 0.326 e. The molecule has 2 aliphatic heterocycles. The molecule has 7 nitrogen and oxygen atoms in total. The molecule has 2 heterocycles. The van der Waals surface area contributed by atoms with Crippen LogP contribution in [-0.4, -0.2) is 59.0 Å². The fourth-order valence-corrected chi connectivity index (χ4v) is 5.20. The first-order chi connectivity index (χ1) is 13.7. The molecule has 2 aliphatic carbocycles. The molecule has 0 aromatic rings. The number of hydrogen-bond donors (Lipinski definition) is 2. The number of imide groups is 1. The summed E-state index contributed by atoms with van der Waals surface area (Å²) in [5, 5.41) is 6.19. The fraction of sp³-hybridized carbons (Fsp3) is 0.864. The summed E-state index contributed by atoms with van der Waals surface area (Å²) in [6.07, 6.45) is 7.24. The van der Waals surface area contributed by atoms with E-state index in [9.17, 15) is 14.4 Å². The molecule has 0 radical (unpaired) electrons. The Morgan fingerprint density at radius 2 is 1.69 bits per heavy atom. The Labute approximate surface area is 173 Å². The maximum absolute atomic E-state index is 13.2. The third-order valence-electron chi connectivity index (χ3n) is 7.53. The van der Waals surface area contributed by atoms with Gasteiger partial charge in [-0.3, -0.25) is 14.5 Å². The number of amides is 4. The molecule has 0 unspecified atom stereocenters. The summed E-state index contributed by atoms with van der Waals surface area (Å²) >= 11 is 0. The molecule has 7 heteroatoms. The summed E-state index contributed by atoms with van der Waals surface area (Å²) in [6.45, 7) is 8.73. The van der Waals surface area contributed by atoms with Crippen molar-refractivity contribution < 1.29 is 14.4 Å². The van der Waals surface area contributed by atoms with Gasteiger partial charge in [0, 0.05) is 25.0 Å². The van der Waals surface area contributed by atoms with E-state index in [4.69, 9.17) is 0 Å². The summed E-state index contributed by atoms with van der Waals surface area (Å²) in [6, 6.07) is -0.0187. The number of hydrogen-bond acceptors (Lipinski definition) is 4. The molecule has 0 bridgehead atoms. The average Bonchev–Trinajstić information content (AvgIpc) is 3.48. The first kappa shape index (κ1) is 20.6. The van der Waals surface area contributed by atoms with Crippen molar-refractivity contribution in [1.29, 1.82) is 0 Å². The lowest BCUT2D eigenvalue weighted by Crippen LogP contribution is -2.52. The molecule has 2 saturated carbocycles. The lowest BCUT2D eigenvalue weighted by atomic mass is 9.67. The Morgan fingerprint density at radius 3 is 2.24 bits per heavy atom. The van der Waals surface area contributed by atoms with Crippen LogP contribution < -0.4 is 10.6 Å². The molecule has 0 aromatic carbocycles. The summed E-state index contributed by atoms with van der Waals surface area (Å²) in [5.41, 5.74) is -0.443. The van der Waals surface area contributed by atoms with E-state index in [1.807, 2.05) is 0 Å². The molecular formula is C22H36N4O3. The highest BCUT2D eigenvalue weighted by Crippen LogP contribution is 2.43. The minimum atomic E-state index is -0.685. The number of urea groups is 1. The molecule has 2 N–H and O–H groups in total. The summed E-state index contributed by atoms with van der Waals surface area (Å²) in [7, 11) is 0. The zero-order valence-electron chi connectivity index (χ0n) is 18.1. The number of nitrogens with zero attached hydrogens (tertiary/aromatic N) is 2.